The number of hydrogen-bond acceptors (Lipinski definition) is 8. The summed E-state index contributed by atoms with van der Waals surface area (Å²) in [5.41, 5.74) is 1.91. The fourth-order valence-corrected chi connectivity index (χ4v) is 12.3. The maximum atomic E-state index is 15.3. The van der Waals surface area contributed by atoms with Crippen molar-refractivity contribution >= 4 is 30.5 Å². The summed E-state index contributed by atoms with van der Waals surface area (Å²) in [7, 11) is 0.740. The highest BCUT2D eigenvalue weighted by atomic mass is 28.3. The Morgan fingerprint density at radius 2 is 1.71 bits per heavy atom. The predicted molar refractivity (Wildman–Crippen MR) is 197 cm³/mol. The van der Waals surface area contributed by atoms with Crippen LogP contribution in [0.2, 0.25) is 18.6 Å². The Morgan fingerprint density at radius 3 is 2.41 bits per heavy atom. The summed E-state index contributed by atoms with van der Waals surface area (Å²) in [6, 6.07) is 27.0. The molecular formula is C39H43N5O6Si. The molecule has 1 spiro atoms. The topological polar surface area (TPSA) is 121 Å². The third-order valence-corrected chi connectivity index (χ3v) is 15.1. The van der Waals surface area contributed by atoms with E-state index in [9.17, 15) is 9.90 Å². The van der Waals surface area contributed by atoms with Gasteiger partial charge in [-0.15, -0.1) is 5.10 Å². The van der Waals surface area contributed by atoms with Gasteiger partial charge in [-0.1, -0.05) is 60.7 Å². The quantitative estimate of drug-likeness (QED) is 0.192. The number of aryl methyl sites for hydroxylation is 1. The summed E-state index contributed by atoms with van der Waals surface area (Å²) in [4.78, 5) is 30.5. The minimum Gasteiger partial charge on any atom is -0.497 e. The van der Waals surface area contributed by atoms with Gasteiger partial charge in [-0.25, -0.2) is 0 Å². The molecule has 0 unspecified atom stereocenters. The second-order valence-corrected chi connectivity index (χ2v) is 18.5. The number of carbonyl (C=O) groups is 1. The van der Waals surface area contributed by atoms with E-state index in [1.165, 1.54) is 12.3 Å². The summed E-state index contributed by atoms with van der Waals surface area (Å²) in [6.45, 7) is 7.37. The third kappa shape index (κ3) is 5.77. The molecule has 11 nitrogen and oxygen atoms in total. The molecule has 1 amide bonds. The zero-order valence-electron chi connectivity index (χ0n) is 29.5. The van der Waals surface area contributed by atoms with Gasteiger partial charge in [0.15, 0.2) is 11.4 Å². The van der Waals surface area contributed by atoms with Crippen LogP contribution < -0.4 is 25.1 Å². The fourth-order valence-electron chi connectivity index (χ4n) is 8.25. The van der Waals surface area contributed by atoms with E-state index in [4.69, 9.17) is 14.2 Å². The van der Waals surface area contributed by atoms with Crippen molar-refractivity contribution in [3.8, 4) is 17.2 Å². The number of aromatic nitrogens is 4. The fraction of sp³-hybridized carbons (Fsp3) is 0.333. The van der Waals surface area contributed by atoms with Crippen LogP contribution in [0.1, 0.15) is 24.6 Å². The highest BCUT2D eigenvalue weighted by molar-refractivity contribution is 6.91. The van der Waals surface area contributed by atoms with Gasteiger partial charge in [0.05, 0.1) is 39.8 Å². The Kier molecular flexibility index (Phi) is 9.17. The number of pyridine rings is 1. The first-order valence-corrected chi connectivity index (χ1v) is 20.3. The number of benzene rings is 3. The van der Waals surface area contributed by atoms with Crippen LogP contribution in [0.25, 0.3) is 5.69 Å². The molecule has 1 fully saturated rings. The minimum absolute atomic E-state index is 0.00190. The molecule has 0 saturated carbocycles. The van der Waals surface area contributed by atoms with E-state index in [0.29, 0.717) is 25.1 Å². The molecule has 2 aliphatic rings. The van der Waals surface area contributed by atoms with Crippen molar-refractivity contribution in [2.45, 2.75) is 56.7 Å². The van der Waals surface area contributed by atoms with Crippen LogP contribution in [-0.2, 0) is 28.1 Å². The first kappa shape index (κ1) is 34.4. The van der Waals surface area contributed by atoms with E-state index in [0.717, 1.165) is 28.4 Å². The van der Waals surface area contributed by atoms with Gasteiger partial charge in [-0.2, -0.15) is 0 Å². The average molecular weight is 706 g/mol. The van der Waals surface area contributed by atoms with Gasteiger partial charge in [0.1, 0.15) is 5.75 Å². The molecule has 2 aromatic heterocycles. The van der Waals surface area contributed by atoms with Crippen LogP contribution in [-0.4, -0.2) is 65.6 Å². The van der Waals surface area contributed by atoms with Gasteiger partial charge in [0.25, 0.3) is 11.5 Å². The number of hydrogen-bond donors (Lipinski definition) is 1. The van der Waals surface area contributed by atoms with Crippen LogP contribution in [0, 0.1) is 5.92 Å². The molecular weight excluding hydrogens is 663 g/mol. The standard InChI is InChI=1S/C39H43N5O6Si/c1-26-36(51(4,5)31-16-14-30(48-2)15-17-31)34(19-22-42-25-27(20-23-45)40-41-42)50-39(26)32-24-29(43-21-9-12-35(49-3)37(43)46)13-18-33(32)44(38(39)47)28-10-7-6-8-11-28/h6-18,21,24-26,34,36,45H,19-20,22-23H2,1-5H3/t26-,34+,36-,39+/m1/s1. The normalized spacial score (nSPS) is 21.3. The zero-order chi connectivity index (χ0) is 35.9. The second kappa shape index (κ2) is 13.6. The Bertz CT molecular complexity index is 2100. The number of para-hydroxylation sites is 1. The van der Waals surface area contributed by atoms with Gasteiger partial charge in [0.2, 0.25) is 0 Å². The van der Waals surface area contributed by atoms with Crippen LogP contribution >= 0.6 is 0 Å². The zero-order valence-corrected chi connectivity index (χ0v) is 30.5. The first-order valence-electron chi connectivity index (χ1n) is 17.3. The lowest BCUT2D eigenvalue weighted by molar-refractivity contribution is -0.145. The van der Waals surface area contributed by atoms with Crippen LogP contribution in [0.3, 0.4) is 0 Å². The molecule has 1 saturated heterocycles. The van der Waals surface area contributed by atoms with E-state index >= 15 is 4.79 Å². The van der Waals surface area contributed by atoms with Gasteiger partial charge < -0.3 is 19.3 Å². The lowest BCUT2D eigenvalue weighted by atomic mass is 9.82. The summed E-state index contributed by atoms with van der Waals surface area (Å²) in [6.07, 6.45) is 4.27. The predicted octanol–water partition coefficient (Wildman–Crippen LogP) is 4.97. The summed E-state index contributed by atoms with van der Waals surface area (Å²) >= 11 is 0. The van der Waals surface area contributed by atoms with Crippen LogP contribution in [0.5, 0.6) is 11.5 Å². The Morgan fingerprint density at radius 1 is 0.941 bits per heavy atom. The molecule has 0 bridgehead atoms. The van der Waals surface area contributed by atoms with Crippen molar-refractivity contribution in [3.63, 3.8) is 0 Å². The van der Waals surface area contributed by atoms with Crippen molar-refractivity contribution in [1.29, 1.82) is 0 Å². The summed E-state index contributed by atoms with van der Waals surface area (Å²) in [5.74, 6) is 0.618. The molecule has 0 aliphatic carbocycles. The number of aliphatic hydroxyl groups is 1. The molecule has 5 aromatic rings. The number of fused-ring (bicyclic) bond motifs is 2. The Hall–Kier alpha value is -5.04. The lowest BCUT2D eigenvalue weighted by Crippen LogP contribution is -2.51. The minimum atomic E-state index is -2.40. The second-order valence-electron chi connectivity index (χ2n) is 13.8. The molecule has 1 N–H and O–H groups in total. The van der Waals surface area contributed by atoms with Crippen LogP contribution in [0.15, 0.2) is 102 Å². The van der Waals surface area contributed by atoms with Crippen molar-refractivity contribution in [1.82, 2.24) is 19.6 Å². The van der Waals surface area contributed by atoms with E-state index in [1.54, 1.807) is 39.6 Å². The summed E-state index contributed by atoms with van der Waals surface area (Å²) < 4.78 is 21.5. The number of ether oxygens (including phenoxy) is 3. The van der Waals surface area contributed by atoms with Crippen molar-refractivity contribution in [2.75, 3.05) is 25.7 Å². The molecule has 3 aromatic carbocycles. The molecule has 264 valence electrons. The average Bonchev–Trinajstić information content (AvgIpc) is 3.80. The van der Waals surface area contributed by atoms with Crippen molar-refractivity contribution < 1.29 is 24.1 Å². The third-order valence-electron chi connectivity index (χ3n) is 10.7. The van der Waals surface area contributed by atoms with Crippen molar-refractivity contribution in [2.24, 2.45) is 5.92 Å². The maximum absolute atomic E-state index is 15.3. The van der Waals surface area contributed by atoms with Gasteiger partial charge in [0, 0.05) is 54.8 Å². The largest absolute Gasteiger partial charge is 0.497 e. The molecule has 12 heteroatoms. The molecule has 4 atom stereocenters. The van der Waals surface area contributed by atoms with Gasteiger partial charge in [-0.3, -0.25) is 23.7 Å². The summed E-state index contributed by atoms with van der Waals surface area (Å²) in [5, 5.41) is 19.2. The number of anilines is 2. The molecule has 4 heterocycles. The van der Waals surface area contributed by atoms with Gasteiger partial charge in [-0.05, 0) is 66.6 Å². The number of methoxy groups -OCH3 is 2. The number of amides is 1. The number of rotatable bonds is 11. The van der Waals surface area contributed by atoms with E-state index in [1.807, 2.05) is 66.9 Å². The molecule has 2 aliphatic heterocycles. The smallest absolute Gasteiger partial charge is 0.297 e. The monoisotopic (exact) mass is 705 g/mol. The highest BCUT2D eigenvalue weighted by Gasteiger charge is 2.66. The number of nitrogens with zero attached hydrogens (tertiary/aromatic N) is 5. The highest BCUT2D eigenvalue weighted by Crippen LogP contribution is 2.61. The molecule has 0 radical (unpaired) electrons. The van der Waals surface area contributed by atoms with E-state index < -0.39 is 13.7 Å². The molecule has 7 rings (SSSR count). The number of aliphatic hydroxyl groups excluding tert-OH is 1. The number of carbonyl (C=O) groups excluding carboxylic acids is 1. The maximum Gasteiger partial charge on any atom is 0.297 e. The first-order chi connectivity index (χ1) is 24.6. The van der Waals surface area contributed by atoms with E-state index in [2.05, 4.69) is 42.5 Å². The Labute approximate surface area is 298 Å². The van der Waals surface area contributed by atoms with Gasteiger partial charge >= 0.3 is 0 Å². The Balaban J connectivity index is 1.38. The van der Waals surface area contributed by atoms with Crippen molar-refractivity contribution in [3.05, 3.63) is 119 Å². The lowest BCUT2D eigenvalue weighted by Gasteiger charge is -2.37. The molecule has 51 heavy (non-hydrogen) atoms. The SMILES string of the molecule is COc1ccc([Si](C)(C)[C@H]2[C@H](CCn3cc(CCO)nn3)O[C@@]3(C(=O)N(c4ccccc4)c4ccc(-n5cccc(OC)c5=O)cc43)[C@@H]2C)cc1. The van der Waals surface area contributed by atoms with Crippen LogP contribution in [0.4, 0.5) is 11.4 Å². The van der Waals surface area contributed by atoms with E-state index in [-0.39, 0.29) is 41.4 Å².